The zero-order valence-electron chi connectivity index (χ0n) is 14.3. The number of nitrogens with zero attached hydrogens (tertiary/aromatic N) is 2. The zero-order valence-corrected chi connectivity index (χ0v) is 15.2. The Morgan fingerprint density at radius 1 is 1.39 bits per heavy atom. The number of carbonyl (C=O) groups excluding carboxylic acids is 2. The van der Waals surface area contributed by atoms with Crippen LogP contribution in [0.5, 0.6) is 0 Å². The third-order valence-electron chi connectivity index (χ3n) is 2.99. The molecular weight excluding hydrogens is 316 g/mol. The van der Waals surface area contributed by atoms with Crippen LogP contribution >= 0.6 is 11.3 Å². The number of hydrogen-bond donors (Lipinski definition) is 3. The lowest BCUT2D eigenvalue weighted by atomic mass is 10.1. The molecule has 0 aromatic carbocycles. The van der Waals surface area contributed by atoms with Gasteiger partial charge in [-0.15, -0.1) is 11.3 Å². The topological polar surface area (TPSA) is 94.6 Å². The van der Waals surface area contributed by atoms with E-state index in [4.69, 9.17) is 0 Å². The van der Waals surface area contributed by atoms with Crippen molar-refractivity contribution in [2.24, 2.45) is 5.92 Å². The quantitative estimate of drug-likeness (QED) is 0.645. The van der Waals surface area contributed by atoms with Gasteiger partial charge in [-0.25, -0.2) is 4.98 Å². The molecule has 1 aromatic rings. The van der Waals surface area contributed by atoms with E-state index < -0.39 is 11.5 Å². The summed E-state index contributed by atoms with van der Waals surface area (Å²) >= 11 is 1.50. The van der Waals surface area contributed by atoms with Crippen molar-refractivity contribution in [3.63, 3.8) is 0 Å². The first-order chi connectivity index (χ1) is 10.6. The maximum Gasteiger partial charge on any atom is 0.269 e. The fraction of sp³-hybridized carbons (Fsp3) is 0.667. The van der Waals surface area contributed by atoms with E-state index in [9.17, 15) is 14.7 Å². The van der Waals surface area contributed by atoms with E-state index in [0.717, 1.165) is 18.2 Å². The fourth-order valence-electron chi connectivity index (χ4n) is 1.79. The van der Waals surface area contributed by atoms with Crippen molar-refractivity contribution in [3.05, 3.63) is 11.1 Å². The Morgan fingerprint density at radius 2 is 2.04 bits per heavy atom. The number of aliphatic hydroxyl groups is 1. The molecule has 2 amide bonds. The van der Waals surface area contributed by atoms with Crippen LogP contribution in [-0.2, 0) is 16.0 Å². The molecule has 130 valence electrons. The minimum absolute atomic E-state index is 0.0713. The molecule has 1 aromatic heterocycles. The number of thiazole rings is 1. The van der Waals surface area contributed by atoms with Gasteiger partial charge in [0.15, 0.2) is 5.13 Å². The van der Waals surface area contributed by atoms with Gasteiger partial charge in [0.25, 0.3) is 5.91 Å². The largest absolute Gasteiger partial charge is 0.381 e. The minimum atomic E-state index is -1.54. The van der Waals surface area contributed by atoms with Crippen molar-refractivity contribution in [3.8, 4) is 0 Å². The number of hydrazine groups is 1. The average Bonchev–Trinajstić information content (AvgIpc) is 2.89. The van der Waals surface area contributed by atoms with Crippen LogP contribution in [0, 0.1) is 5.92 Å². The summed E-state index contributed by atoms with van der Waals surface area (Å²) in [6, 6.07) is 0. The number of carbonyl (C=O) groups is 2. The number of hydrogen-bond acceptors (Lipinski definition) is 6. The normalized spacial score (nSPS) is 11.4. The summed E-state index contributed by atoms with van der Waals surface area (Å²) in [5.74, 6) is -0.520. The maximum atomic E-state index is 11.8. The van der Waals surface area contributed by atoms with Crippen LogP contribution in [0.15, 0.2) is 5.38 Å². The van der Waals surface area contributed by atoms with Gasteiger partial charge in [-0.2, -0.15) is 0 Å². The lowest BCUT2D eigenvalue weighted by Crippen LogP contribution is -2.50. The Morgan fingerprint density at radius 3 is 2.57 bits per heavy atom. The zero-order chi connectivity index (χ0) is 17.6. The van der Waals surface area contributed by atoms with E-state index in [0.29, 0.717) is 11.6 Å². The van der Waals surface area contributed by atoms with Crippen LogP contribution in [0.1, 0.15) is 40.3 Å². The summed E-state index contributed by atoms with van der Waals surface area (Å²) in [6.07, 6.45) is 0.0713. The molecule has 23 heavy (non-hydrogen) atoms. The van der Waals surface area contributed by atoms with Gasteiger partial charge in [0, 0.05) is 18.5 Å². The Kier molecular flexibility index (Phi) is 6.96. The van der Waals surface area contributed by atoms with Gasteiger partial charge in [0.1, 0.15) is 5.60 Å². The molecule has 0 saturated heterocycles. The van der Waals surface area contributed by atoms with Gasteiger partial charge in [0.05, 0.1) is 12.1 Å². The standard InChI is InChI=1S/C15H26N4O3S/c1-6-19(8-10(2)3)14-16-11(9-23-14)7-12(20)17-18-13(21)15(4,5)22/h9-10,22H,6-8H2,1-5H3,(H,17,20)(H,18,21). The Hall–Kier alpha value is -1.67. The van der Waals surface area contributed by atoms with Gasteiger partial charge >= 0.3 is 0 Å². The SMILES string of the molecule is CCN(CC(C)C)c1nc(CC(=O)NNC(=O)C(C)(C)O)cs1. The second-order valence-electron chi connectivity index (χ2n) is 6.29. The van der Waals surface area contributed by atoms with Gasteiger partial charge < -0.3 is 10.0 Å². The number of nitrogens with one attached hydrogen (secondary N) is 2. The molecule has 0 bridgehead atoms. The average molecular weight is 342 g/mol. The van der Waals surface area contributed by atoms with Crippen molar-refractivity contribution < 1.29 is 14.7 Å². The monoisotopic (exact) mass is 342 g/mol. The van der Waals surface area contributed by atoms with Crippen molar-refractivity contribution in [1.29, 1.82) is 0 Å². The Balaban J connectivity index is 2.55. The smallest absolute Gasteiger partial charge is 0.269 e. The molecule has 1 heterocycles. The summed E-state index contributed by atoms with van der Waals surface area (Å²) in [4.78, 5) is 29.9. The number of rotatable bonds is 7. The molecule has 0 aliphatic heterocycles. The lowest BCUT2D eigenvalue weighted by molar-refractivity contribution is -0.139. The van der Waals surface area contributed by atoms with Crippen LogP contribution < -0.4 is 15.8 Å². The third kappa shape index (κ3) is 6.54. The van der Waals surface area contributed by atoms with E-state index in [-0.39, 0.29) is 12.3 Å². The Labute approximate surface area is 141 Å². The molecule has 3 N–H and O–H groups in total. The molecule has 0 aliphatic rings. The lowest BCUT2D eigenvalue weighted by Gasteiger charge is -2.21. The van der Waals surface area contributed by atoms with Crippen LogP contribution in [0.2, 0.25) is 0 Å². The molecule has 0 spiro atoms. The summed E-state index contributed by atoms with van der Waals surface area (Å²) in [5, 5.41) is 12.2. The van der Waals surface area contributed by atoms with Crippen LogP contribution in [0.25, 0.3) is 0 Å². The molecule has 0 saturated carbocycles. The van der Waals surface area contributed by atoms with E-state index in [1.54, 1.807) is 0 Å². The second-order valence-corrected chi connectivity index (χ2v) is 7.13. The molecular formula is C15H26N4O3S. The van der Waals surface area contributed by atoms with Crippen LogP contribution in [0.3, 0.4) is 0 Å². The number of anilines is 1. The molecule has 7 nitrogen and oxygen atoms in total. The van der Waals surface area contributed by atoms with Crippen LogP contribution in [0.4, 0.5) is 5.13 Å². The van der Waals surface area contributed by atoms with E-state index in [1.165, 1.54) is 25.2 Å². The number of aromatic nitrogens is 1. The summed E-state index contributed by atoms with van der Waals surface area (Å²) in [7, 11) is 0. The van der Waals surface area contributed by atoms with Gasteiger partial charge in [-0.3, -0.25) is 20.4 Å². The van der Waals surface area contributed by atoms with E-state index in [2.05, 4.69) is 41.5 Å². The highest BCUT2D eigenvalue weighted by Crippen LogP contribution is 2.21. The molecule has 0 fully saturated rings. The second kappa shape index (κ2) is 8.26. The predicted octanol–water partition coefficient (Wildman–Crippen LogP) is 1.09. The highest BCUT2D eigenvalue weighted by molar-refractivity contribution is 7.13. The van der Waals surface area contributed by atoms with Crippen molar-refractivity contribution in [2.75, 3.05) is 18.0 Å². The molecule has 0 radical (unpaired) electrons. The predicted molar refractivity (Wildman–Crippen MR) is 91.1 cm³/mol. The van der Waals surface area contributed by atoms with Gasteiger partial charge in [-0.1, -0.05) is 13.8 Å². The highest BCUT2D eigenvalue weighted by Gasteiger charge is 2.24. The maximum absolute atomic E-state index is 11.8. The molecule has 0 atom stereocenters. The summed E-state index contributed by atoms with van der Waals surface area (Å²) < 4.78 is 0. The molecule has 0 aliphatic carbocycles. The number of amides is 2. The summed E-state index contributed by atoms with van der Waals surface area (Å²) in [5.41, 5.74) is 3.57. The molecule has 8 heteroatoms. The third-order valence-corrected chi connectivity index (χ3v) is 3.94. The van der Waals surface area contributed by atoms with Crippen molar-refractivity contribution in [1.82, 2.24) is 15.8 Å². The highest BCUT2D eigenvalue weighted by atomic mass is 32.1. The fourth-order valence-corrected chi connectivity index (χ4v) is 2.69. The molecule has 0 unspecified atom stereocenters. The first-order valence-electron chi connectivity index (χ1n) is 7.64. The van der Waals surface area contributed by atoms with Crippen molar-refractivity contribution in [2.45, 2.75) is 46.6 Å². The van der Waals surface area contributed by atoms with Crippen molar-refractivity contribution >= 4 is 28.3 Å². The minimum Gasteiger partial charge on any atom is -0.381 e. The van der Waals surface area contributed by atoms with Gasteiger partial charge in [0.2, 0.25) is 5.91 Å². The van der Waals surface area contributed by atoms with E-state index in [1.807, 2.05) is 5.38 Å². The Bertz CT molecular complexity index is 537. The first kappa shape index (κ1) is 19.4. The van der Waals surface area contributed by atoms with Crippen LogP contribution in [-0.4, -0.2) is 40.6 Å². The van der Waals surface area contributed by atoms with Gasteiger partial charge in [-0.05, 0) is 26.7 Å². The summed E-state index contributed by atoms with van der Waals surface area (Å²) in [6.45, 7) is 10.8. The first-order valence-corrected chi connectivity index (χ1v) is 8.52. The molecule has 1 rings (SSSR count). The van der Waals surface area contributed by atoms with E-state index >= 15 is 0 Å².